The molecule has 10 rings (SSSR count). The molecule has 5 unspecified atom stereocenters. The second kappa shape index (κ2) is 7.77. The van der Waals surface area contributed by atoms with Crippen molar-refractivity contribution in [2.24, 2.45) is 10.4 Å². The van der Waals surface area contributed by atoms with E-state index in [0.29, 0.717) is 0 Å². The number of nitrogens with zero attached hydrogens (tertiary/aromatic N) is 5. The number of anilines is 5. The fourth-order valence-electron chi connectivity index (χ4n) is 9.66. The molecular weight excluding hydrogens is 528 g/mol. The fourth-order valence-corrected chi connectivity index (χ4v) is 9.66. The van der Waals surface area contributed by atoms with Gasteiger partial charge in [0.25, 0.3) is 0 Å². The monoisotopic (exact) mass is 560 g/mol. The Hall–Kier alpha value is -4.81. The number of likely N-dealkylation sites (N-methyl/N-ethyl adjacent to an activating group) is 1. The highest BCUT2D eigenvalue weighted by atomic mass is 15.5. The van der Waals surface area contributed by atoms with E-state index in [0.717, 1.165) is 12.3 Å². The van der Waals surface area contributed by atoms with Gasteiger partial charge < -0.3 is 20.0 Å². The summed E-state index contributed by atoms with van der Waals surface area (Å²) in [6.07, 6.45) is 4.72. The topological polar surface area (TPSA) is 37.4 Å². The molecule has 5 heterocycles. The molecule has 4 aromatic carbocycles. The lowest BCUT2D eigenvalue weighted by molar-refractivity contribution is 0.0281. The van der Waals surface area contributed by atoms with Crippen LogP contribution in [-0.4, -0.2) is 36.3 Å². The van der Waals surface area contributed by atoms with E-state index in [1.807, 2.05) is 12.4 Å². The number of nitrogens with one attached hydrogen (secondary N) is 1. The van der Waals surface area contributed by atoms with E-state index < -0.39 is 5.41 Å². The van der Waals surface area contributed by atoms with Crippen LogP contribution in [0.1, 0.15) is 23.6 Å². The minimum atomic E-state index is -0.392. The van der Waals surface area contributed by atoms with Crippen molar-refractivity contribution in [2.45, 2.75) is 37.3 Å². The van der Waals surface area contributed by atoms with Crippen molar-refractivity contribution in [1.82, 2.24) is 10.2 Å². The first-order valence-electron chi connectivity index (χ1n) is 15.2. The van der Waals surface area contributed by atoms with E-state index in [-0.39, 0.29) is 23.9 Å². The summed E-state index contributed by atoms with van der Waals surface area (Å²) in [4.78, 5) is 15.3. The van der Waals surface area contributed by atoms with Crippen LogP contribution in [0, 0.1) is 5.41 Å². The highest BCUT2D eigenvalue weighted by Crippen LogP contribution is 2.71. The van der Waals surface area contributed by atoms with Crippen molar-refractivity contribution in [3.8, 4) is 0 Å². The average molecular weight is 561 g/mol. The SMILES string of the molecule is C=C1c2ccccc2N2c3ccccc3N(c3ccccc3)C2C2(C)C3N(C4=NC=CNC4N3C)c3ccc4cc3C12C4. The average Bonchev–Trinajstić information content (AvgIpc) is 3.67. The molecule has 43 heavy (non-hydrogen) atoms. The van der Waals surface area contributed by atoms with Crippen molar-refractivity contribution in [3.05, 3.63) is 133 Å². The largest absolute Gasteiger partial charge is 0.368 e. The number of amidine groups is 1. The Kier molecular flexibility index (Phi) is 4.28. The second-order valence-electron chi connectivity index (χ2n) is 12.9. The van der Waals surface area contributed by atoms with Crippen LogP contribution in [0.3, 0.4) is 0 Å². The zero-order valence-electron chi connectivity index (χ0n) is 24.3. The Balaban J connectivity index is 1.37. The molecule has 210 valence electrons. The summed E-state index contributed by atoms with van der Waals surface area (Å²) in [6.45, 7) is 7.59. The van der Waals surface area contributed by atoms with Crippen molar-refractivity contribution in [3.63, 3.8) is 0 Å². The molecule has 6 aliphatic rings. The maximum Gasteiger partial charge on any atom is 0.148 e. The van der Waals surface area contributed by atoms with Crippen LogP contribution in [0.25, 0.3) is 5.57 Å². The molecular formula is C37H32N6. The summed E-state index contributed by atoms with van der Waals surface area (Å²) in [6, 6.07) is 36.0. The maximum atomic E-state index is 5.05. The number of hydrogen-bond acceptors (Lipinski definition) is 6. The lowest BCUT2D eigenvalue weighted by atomic mass is 9.52. The molecule has 1 saturated heterocycles. The molecule has 6 heteroatoms. The van der Waals surface area contributed by atoms with Gasteiger partial charge >= 0.3 is 0 Å². The molecule has 4 aromatic rings. The number of para-hydroxylation sites is 4. The molecule has 1 aliphatic carbocycles. The molecule has 5 aliphatic heterocycles. The molecule has 5 atom stereocenters. The first-order chi connectivity index (χ1) is 21.1. The Bertz CT molecular complexity index is 1950. The normalized spacial score (nSPS) is 30.5. The fraction of sp³-hybridized carbons (Fsp3) is 0.216. The molecule has 1 spiro atoms. The predicted octanol–water partition coefficient (Wildman–Crippen LogP) is 6.72. The summed E-state index contributed by atoms with van der Waals surface area (Å²) in [5.41, 5.74) is 10.6. The maximum absolute atomic E-state index is 5.05. The van der Waals surface area contributed by atoms with Crippen molar-refractivity contribution >= 4 is 39.8 Å². The molecule has 0 amide bonds. The van der Waals surface area contributed by atoms with Crippen molar-refractivity contribution in [1.29, 1.82) is 0 Å². The number of rotatable bonds is 1. The first kappa shape index (κ1) is 23.7. The summed E-state index contributed by atoms with van der Waals surface area (Å²) >= 11 is 0. The first-order valence-corrected chi connectivity index (χ1v) is 15.2. The van der Waals surface area contributed by atoms with E-state index in [2.05, 4.69) is 136 Å². The molecule has 0 radical (unpaired) electrons. The predicted molar refractivity (Wildman–Crippen MR) is 174 cm³/mol. The lowest BCUT2D eigenvalue weighted by Crippen LogP contribution is -2.71. The van der Waals surface area contributed by atoms with E-state index in [4.69, 9.17) is 11.6 Å². The Morgan fingerprint density at radius 3 is 2.33 bits per heavy atom. The molecule has 0 saturated carbocycles. The van der Waals surface area contributed by atoms with E-state index in [9.17, 15) is 0 Å². The summed E-state index contributed by atoms with van der Waals surface area (Å²) in [5, 5.41) is 3.65. The summed E-state index contributed by atoms with van der Waals surface area (Å²) < 4.78 is 0. The van der Waals surface area contributed by atoms with Crippen LogP contribution in [0.4, 0.5) is 28.4 Å². The Morgan fingerprint density at radius 2 is 1.51 bits per heavy atom. The number of hydrogen-bond donors (Lipinski definition) is 1. The highest BCUT2D eigenvalue weighted by molar-refractivity contribution is 6.08. The standard InChI is InChI=1S/C37H32N6/c1-23-26-13-7-8-14-28(26)42-31-16-10-9-15-30(31)41(25-11-5-4-6-12-25)35(42)36(2)34-40(3)32-33(39-20-19-38-32)43(34)29-18-17-24-21-27(29)37(23,36)22-24/h4-21,32,34-35,38H,1,22H2,2-3H3. The van der Waals surface area contributed by atoms with Gasteiger partial charge in [0.2, 0.25) is 0 Å². The van der Waals surface area contributed by atoms with Crippen LogP contribution >= 0.6 is 0 Å². The van der Waals surface area contributed by atoms with Gasteiger partial charge in [0.05, 0.1) is 22.5 Å². The van der Waals surface area contributed by atoms with E-state index in [1.165, 1.54) is 50.7 Å². The van der Waals surface area contributed by atoms with Crippen LogP contribution in [-0.2, 0) is 11.8 Å². The van der Waals surface area contributed by atoms with E-state index >= 15 is 0 Å². The number of benzene rings is 4. The lowest BCUT2D eigenvalue weighted by Gasteiger charge is -2.61. The summed E-state index contributed by atoms with van der Waals surface area (Å²) in [7, 11) is 2.27. The molecule has 1 fully saturated rings. The number of allylic oxidation sites excluding steroid dienone is 1. The molecule has 2 bridgehead atoms. The number of aliphatic imine (C=N–C) groups is 1. The van der Waals surface area contributed by atoms with Crippen LogP contribution in [0.2, 0.25) is 0 Å². The smallest absolute Gasteiger partial charge is 0.148 e. The van der Waals surface area contributed by atoms with Crippen LogP contribution < -0.4 is 20.0 Å². The Morgan fingerprint density at radius 1 is 0.791 bits per heavy atom. The quantitative estimate of drug-likeness (QED) is 0.280. The van der Waals surface area contributed by atoms with Gasteiger partial charge in [0.1, 0.15) is 24.3 Å². The number of fused-ring (bicyclic) bond motifs is 12. The van der Waals surface area contributed by atoms with Gasteiger partial charge in [-0.15, -0.1) is 0 Å². The van der Waals surface area contributed by atoms with Crippen LogP contribution in [0.5, 0.6) is 0 Å². The van der Waals surface area contributed by atoms with Gasteiger partial charge in [-0.05, 0) is 66.6 Å². The van der Waals surface area contributed by atoms with Crippen molar-refractivity contribution in [2.75, 3.05) is 21.7 Å². The zero-order valence-corrected chi connectivity index (χ0v) is 24.3. The third-order valence-corrected chi connectivity index (χ3v) is 11.2. The van der Waals surface area contributed by atoms with Gasteiger partial charge in [-0.2, -0.15) is 0 Å². The second-order valence-corrected chi connectivity index (χ2v) is 12.9. The molecule has 1 N–H and O–H groups in total. The third-order valence-electron chi connectivity index (χ3n) is 11.2. The Labute approximate surface area is 251 Å². The van der Waals surface area contributed by atoms with Crippen LogP contribution in [0.15, 0.2) is 121 Å². The highest BCUT2D eigenvalue weighted by Gasteiger charge is 2.73. The van der Waals surface area contributed by atoms with Gasteiger partial charge in [-0.1, -0.05) is 74.2 Å². The van der Waals surface area contributed by atoms with Gasteiger partial charge in [-0.25, -0.2) is 4.99 Å². The van der Waals surface area contributed by atoms with E-state index in [1.54, 1.807) is 0 Å². The third kappa shape index (κ3) is 2.52. The summed E-state index contributed by atoms with van der Waals surface area (Å²) in [5.74, 6) is 1.06. The van der Waals surface area contributed by atoms with Gasteiger partial charge in [0, 0.05) is 34.8 Å². The minimum Gasteiger partial charge on any atom is -0.368 e. The zero-order chi connectivity index (χ0) is 28.7. The minimum absolute atomic E-state index is 0.00279. The molecule has 0 aromatic heterocycles. The van der Waals surface area contributed by atoms with Crippen molar-refractivity contribution < 1.29 is 0 Å². The molecule has 6 nitrogen and oxygen atoms in total. The van der Waals surface area contributed by atoms with Gasteiger partial charge in [-0.3, -0.25) is 4.90 Å². The van der Waals surface area contributed by atoms with Gasteiger partial charge in [0.15, 0.2) is 0 Å².